The van der Waals surface area contributed by atoms with Crippen molar-refractivity contribution in [3.8, 4) is 23.3 Å². The molecule has 0 atom stereocenters. The van der Waals surface area contributed by atoms with Gasteiger partial charge in [-0.25, -0.2) is 0 Å². The van der Waals surface area contributed by atoms with E-state index in [0.29, 0.717) is 22.7 Å². The molecule has 2 aromatic rings. The van der Waals surface area contributed by atoms with Crippen LogP contribution in [-0.4, -0.2) is 25.7 Å². The molecule has 0 spiro atoms. The van der Waals surface area contributed by atoms with Crippen LogP contribution in [0.3, 0.4) is 0 Å². The molecule has 26 heavy (non-hydrogen) atoms. The zero-order valence-corrected chi connectivity index (χ0v) is 15.1. The lowest BCUT2D eigenvalue weighted by atomic mass is 10.2. The molecule has 6 heteroatoms. The van der Waals surface area contributed by atoms with Gasteiger partial charge in [-0.05, 0) is 56.3 Å². The van der Waals surface area contributed by atoms with Gasteiger partial charge >= 0.3 is 0 Å². The summed E-state index contributed by atoms with van der Waals surface area (Å²) in [6, 6.07) is 14.2. The van der Waals surface area contributed by atoms with Gasteiger partial charge in [0, 0.05) is 5.69 Å². The standard InChI is InChI=1S/C20H22N2O4/c1-14(2)26-19-9-4-16(12-15(19)13-21)22-20(23)10-11-25-18-7-5-17(24-3)6-8-18/h4-9,12,14H,10-11H2,1-3H3,(H,22,23). The van der Waals surface area contributed by atoms with Crippen molar-refractivity contribution in [1.82, 2.24) is 0 Å². The van der Waals surface area contributed by atoms with Crippen molar-refractivity contribution in [3.05, 3.63) is 48.0 Å². The highest BCUT2D eigenvalue weighted by Gasteiger charge is 2.09. The van der Waals surface area contributed by atoms with Gasteiger partial charge in [0.05, 0.1) is 31.8 Å². The second-order valence-electron chi connectivity index (χ2n) is 5.81. The van der Waals surface area contributed by atoms with Gasteiger partial charge in [0.15, 0.2) is 0 Å². The summed E-state index contributed by atoms with van der Waals surface area (Å²) in [5, 5.41) is 12.0. The van der Waals surface area contributed by atoms with Crippen LogP contribution in [-0.2, 0) is 4.79 Å². The zero-order valence-electron chi connectivity index (χ0n) is 15.1. The van der Waals surface area contributed by atoms with Gasteiger partial charge in [-0.3, -0.25) is 4.79 Å². The molecule has 2 aromatic carbocycles. The molecule has 0 saturated carbocycles. The van der Waals surface area contributed by atoms with Crippen LogP contribution in [0.25, 0.3) is 0 Å². The minimum Gasteiger partial charge on any atom is -0.497 e. The Morgan fingerprint density at radius 1 is 1.15 bits per heavy atom. The maximum atomic E-state index is 12.0. The average Bonchev–Trinajstić information content (AvgIpc) is 2.63. The van der Waals surface area contributed by atoms with E-state index in [1.807, 2.05) is 13.8 Å². The lowest BCUT2D eigenvalue weighted by Crippen LogP contribution is -2.15. The Morgan fingerprint density at radius 3 is 2.46 bits per heavy atom. The normalized spacial score (nSPS) is 10.1. The topological polar surface area (TPSA) is 80.6 Å². The second-order valence-corrected chi connectivity index (χ2v) is 5.81. The van der Waals surface area contributed by atoms with Crippen LogP contribution in [0.2, 0.25) is 0 Å². The van der Waals surface area contributed by atoms with Crippen molar-refractivity contribution < 1.29 is 19.0 Å². The summed E-state index contributed by atoms with van der Waals surface area (Å²) >= 11 is 0. The number of anilines is 1. The van der Waals surface area contributed by atoms with E-state index in [9.17, 15) is 10.1 Å². The predicted octanol–water partition coefficient (Wildman–Crippen LogP) is 3.76. The number of hydrogen-bond donors (Lipinski definition) is 1. The fraction of sp³-hybridized carbons (Fsp3) is 0.300. The number of nitrogens with one attached hydrogen (secondary N) is 1. The molecule has 0 unspecified atom stereocenters. The maximum Gasteiger partial charge on any atom is 0.227 e. The van der Waals surface area contributed by atoms with Gasteiger partial charge in [-0.1, -0.05) is 0 Å². The van der Waals surface area contributed by atoms with Crippen molar-refractivity contribution >= 4 is 11.6 Å². The van der Waals surface area contributed by atoms with Crippen LogP contribution in [0.1, 0.15) is 25.8 Å². The Kier molecular flexibility index (Phi) is 6.86. The molecule has 0 fully saturated rings. The third-order valence-electron chi connectivity index (χ3n) is 3.40. The highest BCUT2D eigenvalue weighted by atomic mass is 16.5. The first-order chi connectivity index (χ1) is 12.5. The van der Waals surface area contributed by atoms with Crippen LogP contribution < -0.4 is 19.5 Å². The number of carbonyl (C=O) groups excluding carboxylic acids is 1. The number of benzene rings is 2. The average molecular weight is 354 g/mol. The number of nitrogens with zero attached hydrogens (tertiary/aromatic N) is 1. The minimum atomic E-state index is -0.195. The molecule has 0 heterocycles. The largest absolute Gasteiger partial charge is 0.497 e. The van der Waals surface area contributed by atoms with E-state index < -0.39 is 0 Å². The number of carbonyl (C=O) groups is 1. The number of rotatable bonds is 8. The predicted molar refractivity (Wildman–Crippen MR) is 98.7 cm³/mol. The third kappa shape index (κ3) is 5.71. The van der Waals surface area contributed by atoms with Crippen molar-refractivity contribution in [2.24, 2.45) is 0 Å². The number of hydrogen-bond acceptors (Lipinski definition) is 5. The summed E-state index contributed by atoms with van der Waals surface area (Å²) in [6.45, 7) is 4.02. The van der Waals surface area contributed by atoms with E-state index in [-0.39, 0.29) is 25.0 Å². The van der Waals surface area contributed by atoms with Crippen molar-refractivity contribution in [1.29, 1.82) is 5.26 Å². The van der Waals surface area contributed by atoms with E-state index in [0.717, 1.165) is 5.75 Å². The SMILES string of the molecule is COc1ccc(OCCC(=O)Nc2ccc(OC(C)C)c(C#N)c2)cc1. The van der Waals surface area contributed by atoms with E-state index >= 15 is 0 Å². The van der Waals surface area contributed by atoms with Gasteiger partial charge in [0.1, 0.15) is 23.3 Å². The first kappa shape index (κ1) is 19.1. The molecule has 1 amide bonds. The van der Waals surface area contributed by atoms with E-state index in [1.165, 1.54) is 0 Å². The molecule has 136 valence electrons. The summed E-state index contributed by atoms with van der Waals surface area (Å²) in [5.41, 5.74) is 0.929. The van der Waals surface area contributed by atoms with E-state index in [4.69, 9.17) is 14.2 Å². The third-order valence-corrected chi connectivity index (χ3v) is 3.40. The van der Waals surface area contributed by atoms with Crippen molar-refractivity contribution in [3.63, 3.8) is 0 Å². The monoisotopic (exact) mass is 354 g/mol. The molecular weight excluding hydrogens is 332 g/mol. The maximum absolute atomic E-state index is 12.0. The highest BCUT2D eigenvalue weighted by Crippen LogP contribution is 2.23. The summed E-state index contributed by atoms with van der Waals surface area (Å²) in [7, 11) is 1.60. The Bertz CT molecular complexity index is 779. The highest BCUT2D eigenvalue weighted by molar-refractivity contribution is 5.91. The van der Waals surface area contributed by atoms with Crippen LogP contribution >= 0.6 is 0 Å². The Hall–Kier alpha value is -3.20. The van der Waals surface area contributed by atoms with Crippen LogP contribution in [0, 0.1) is 11.3 Å². The second kappa shape index (κ2) is 9.33. The molecule has 0 aliphatic heterocycles. The van der Waals surface area contributed by atoms with Gasteiger partial charge in [0.25, 0.3) is 0 Å². The number of nitriles is 1. The number of methoxy groups -OCH3 is 1. The summed E-state index contributed by atoms with van der Waals surface area (Å²) < 4.78 is 16.2. The molecule has 0 aliphatic rings. The van der Waals surface area contributed by atoms with Gasteiger partial charge < -0.3 is 19.5 Å². The Morgan fingerprint density at radius 2 is 1.85 bits per heavy atom. The molecule has 0 aliphatic carbocycles. The quantitative estimate of drug-likeness (QED) is 0.781. The molecular formula is C20H22N2O4. The fourth-order valence-electron chi connectivity index (χ4n) is 2.21. The molecule has 0 radical (unpaired) electrons. The lowest BCUT2D eigenvalue weighted by Gasteiger charge is -2.13. The summed E-state index contributed by atoms with van der Waals surface area (Å²) in [5.74, 6) is 1.72. The first-order valence-corrected chi connectivity index (χ1v) is 8.29. The van der Waals surface area contributed by atoms with Crippen molar-refractivity contribution in [2.45, 2.75) is 26.4 Å². The van der Waals surface area contributed by atoms with Gasteiger partial charge in [-0.15, -0.1) is 0 Å². The Labute approximate surface area is 153 Å². The molecule has 1 N–H and O–H groups in total. The number of ether oxygens (including phenoxy) is 3. The molecule has 0 saturated heterocycles. The molecule has 0 bridgehead atoms. The number of amides is 1. The van der Waals surface area contributed by atoms with Crippen LogP contribution in [0.15, 0.2) is 42.5 Å². The van der Waals surface area contributed by atoms with E-state index in [2.05, 4.69) is 11.4 Å². The lowest BCUT2D eigenvalue weighted by molar-refractivity contribution is -0.116. The van der Waals surface area contributed by atoms with Gasteiger partial charge in [-0.2, -0.15) is 5.26 Å². The molecule has 0 aromatic heterocycles. The summed E-state index contributed by atoms with van der Waals surface area (Å²) in [6.07, 6.45) is 0.163. The summed E-state index contributed by atoms with van der Waals surface area (Å²) in [4.78, 5) is 12.0. The molecule has 6 nitrogen and oxygen atoms in total. The smallest absolute Gasteiger partial charge is 0.227 e. The zero-order chi connectivity index (χ0) is 18.9. The van der Waals surface area contributed by atoms with Crippen LogP contribution in [0.5, 0.6) is 17.2 Å². The van der Waals surface area contributed by atoms with E-state index in [1.54, 1.807) is 49.6 Å². The fourth-order valence-corrected chi connectivity index (χ4v) is 2.21. The van der Waals surface area contributed by atoms with Gasteiger partial charge in [0.2, 0.25) is 5.91 Å². The first-order valence-electron chi connectivity index (χ1n) is 8.29. The van der Waals surface area contributed by atoms with Crippen LogP contribution in [0.4, 0.5) is 5.69 Å². The van der Waals surface area contributed by atoms with Crippen molar-refractivity contribution in [2.75, 3.05) is 19.0 Å². The Balaban J connectivity index is 1.86. The minimum absolute atomic E-state index is 0.0300. The molecule has 2 rings (SSSR count).